The summed E-state index contributed by atoms with van der Waals surface area (Å²) in [6.07, 6.45) is 3.55. The fraction of sp³-hybridized carbons (Fsp3) is 0.200. The summed E-state index contributed by atoms with van der Waals surface area (Å²) in [6.45, 7) is 0. The molecule has 0 N–H and O–H groups in total. The van der Waals surface area contributed by atoms with E-state index in [1.165, 1.54) is 17.5 Å². The van der Waals surface area contributed by atoms with Crippen LogP contribution in [-0.4, -0.2) is 0 Å². The van der Waals surface area contributed by atoms with E-state index < -0.39 is 0 Å². The number of hydrogen-bond donors (Lipinski definition) is 0. The van der Waals surface area contributed by atoms with E-state index in [4.69, 9.17) is 0 Å². The first-order valence-corrected chi connectivity index (χ1v) is 5.61. The Morgan fingerprint density at radius 1 is 0.533 bits per heavy atom. The van der Waals surface area contributed by atoms with Gasteiger partial charge in [-0.25, -0.2) is 0 Å². The van der Waals surface area contributed by atoms with Gasteiger partial charge in [0.05, 0.1) is 0 Å². The lowest BCUT2D eigenvalue weighted by atomic mass is 9.86. The predicted molar refractivity (Wildman–Crippen MR) is 61.3 cm³/mol. The highest BCUT2D eigenvalue weighted by molar-refractivity contribution is 5.58. The number of benzene rings is 2. The first kappa shape index (κ1) is 7.70. The standard InChI is InChI=1S/C15H12/c1-2-4-11-8-14-12(7-10(11)3-1)5-6-13-9-15(13)14/h1-6H,7-9H2. The third-order valence-corrected chi connectivity index (χ3v) is 3.73. The van der Waals surface area contributed by atoms with Crippen LogP contribution in [0.5, 0.6) is 0 Å². The van der Waals surface area contributed by atoms with E-state index in [-0.39, 0.29) is 0 Å². The van der Waals surface area contributed by atoms with E-state index in [0.29, 0.717) is 0 Å². The van der Waals surface area contributed by atoms with Crippen molar-refractivity contribution >= 4 is 0 Å². The van der Waals surface area contributed by atoms with Gasteiger partial charge in [0.25, 0.3) is 0 Å². The molecule has 0 saturated heterocycles. The summed E-state index contributed by atoms with van der Waals surface area (Å²) >= 11 is 0. The molecule has 2 aliphatic rings. The van der Waals surface area contributed by atoms with Crippen LogP contribution in [0.2, 0.25) is 0 Å². The molecule has 0 aliphatic heterocycles. The Hall–Kier alpha value is -1.56. The maximum atomic E-state index is 2.33. The summed E-state index contributed by atoms with van der Waals surface area (Å²) in [4.78, 5) is 0. The second-order valence-corrected chi connectivity index (χ2v) is 4.64. The Morgan fingerprint density at radius 2 is 1.07 bits per heavy atom. The molecule has 0 bridgehead atoms. The maximum Gasteiger partial charge on any atom is -0.00170 e. The van der Waals surface area contributed by atoms with Crippen molar-refractivity contribution in [3.05, 3.63) is 69.8 Å². The third kappa shape index (κ3) is 1.02. The second kappa shape index (κ2) is 2.52. The number of fused-ring (bicyclic) bond motifs is 4. The topological polar surface area (TPSA) is 0 Å². The Bertz CT molecular complexity index is 564. The van der Waals surface area contributed by atoms with Gasteiger partial charge in [0.1, 0.15) is 0 Å². The molecule has 0 heterocycles. The normalized spacial score (nSPS) is 15.2. The third-order valence-electron chi connectivity index (χ3n) is 3.73. The van der Waals surface area contributed by atoms with E-state index in [0.717, 1.165) is 12.8 Å². The van der Waals surface area contributed by atoms with Crippen LogP contribution in [0.3, 0.4) is 0 Å². The molecule has 0 amide bonds. The average molecular weight is 192 g/mol. The molecule has 0 fully saturated rings. The largest absolute Gasteiger partial charge is 0.0620 e. The minimum absolute atomic E-state index is 1.14. The van der Waals surface area contributed by atoms with Gasteiger partial charge in [-0.3, -0.25) is 0 Å². The van der Waals surface area contributed by atoms with E-state index in [1.807, 2.05) is 0 Å². The molecule has 72 valence electrons. The van der Waals surface area contributed by atoms with Gasteiger partial charge in [-0.2, -0.15) is 0 Å². The van der Waals surface area contributed by atoms with Crippen LogP contribution in [-0.2, 0) is 19.3 Å². The molecule has 0 atom stereocenters. The summed E-state index contributed by atoms with van der Waals surface area (Å²) in [5.41, 5.74) is 9.46. The zero-order chi connectivity index (χ0) is 9.83. The molecule has 15 heavy (non-hydrogen) atoms. The Labute approximate surface area is 89.6 Å². The van der Waals surface area contributed by atoms with Crippen LogP contribution in [0.4, 0.5) is 0 Å². The molecule has 0 heteroatoms. The fourth-order valence-corrected chi connectivity index (χ4v) is 2.79. The van der Waals surface area contributed by atoms with E-state index >= 15 is 0 Å². The molecule has 0 radical (unpaired) electrons. The maximum absolute atomic E-state index is 2.33. The molecular weight excluding hydrogens is 180 g/mol. The van der Waals surface area contributed by atoms with Crippen LogP contribution in [0.15, 0.2) is 36.4 Å². The summed E-state index contributed by atoms with van der Waals surface area (Å²) < 4.78 is 0. The van der Waals surface area contributed by atoms with Crippen LogP contribution in [0.25, 0.3) is 0 Å². The van der Waals surface area contributed by atoms with Gasteiger partial charge in [-0.05, 0) is 52.6 Å². The average Bonchev–Trinajstić information content (AvgIpc) is 3.06. The first-order chi connectivity index (χ1) is 7.42. The molecular formula is C15H12. The van der Waals surface area contributed by atoms with E-state index in [9.17, 15) is 0 Å². The molecule has 0 aromatic heterocycles. The van der Waals surface area contributed by atoms with E-state index in [1.54, 1.807) is 22.3 Å². The van der Waals surface area contributed by atoms with Gasteiger partial charge in [0, 0.05) is 0 Å². The Kier molecular flexibility index (Phi) is 1.29. The van der Waals surface area contributed by atoms with Crippen molar-refractivity contribution in [1.29, 1.82) is 0 Å². The lowest BCUT2D eigenvalue weighted by molar-refractivity contribution is 1.00. The molecule has 0 unspecified atom stereocenters. The molecule has 0 saturated carbocycles. The van der Waals surface area contributed by atoms with Crippen molar-refractivity contribution in [2.75, 3.05) is 0 Å². The Balaban J connectivity index is 1.92. The van der Waals surface area contributed by atoms with Gasteiger partial charge < -0.3 is 0 Å². The summed E-state index contributed by atoms with van der Waals surface area (Å²) in [5, 5.41) is 0. The monoisotopic (exact) mass is 192 g/mol. The zero-order valence-corrected chi connectivity index (χ0v) is 8.59. The molecule has 2 aromatic carbocycles. The highest BCUT2D eigenvalue weighted by Crippen LogP contribution is 2.38. The first-order valence-electron chi connectivity index (χ1n) is 5.61. The van der Waals surface area contributed by atoms with Crippen molar-refractivity contribution in [3.8, 4) is 0 Å². The smallest absolute Gasteiger partial charge is 0.00170 e. The van der Waals surface area contributed by atoms with Gasteiger partial charge >= 0.3 is 0 Å². The SMILES string of the molecule is c1ccc2c(c1)Cc1ccc3c(c1C2)C3. The summed E-state index contributed by atoms with van der Waals surface area (Å²) in [6, 6.07) is 13.5. The van der Waals surface area contributed by atoms with Crippen LogP contribution in [0, 0.1) is 0 Å². The van der Waals surface area contributed by atoms with Crippen molar-refractivity contribution in [3.63, 3.8) is 0 Å². The van der Waals surface area contributed by atoms with E-state index in [2.05, 4.69) is 36.4 Å². The minimum atomic E-state index is 1.14. The second-order valence-electron chi connectivity index (χ2n) is 4.64. The van der Waals surface area contributed by atoms with Gasteiger partial charge in [-0.1, -0.05) is 36.4 Å². The molecule has 0 spiro atoms. The lowest BCUT2D eigenvalue weighted by Gasteiger charge is -2.19. The van der Waals surface area contributed by atoms with Crippen molar-refractivity contribution in [1.82, 2.24) is 0 Å². The van der Waals surface area contributed by atoms with Crippen molar-refractivity contribution < 1.29 is 0 Å². The highest BCUT2D eigenvalue weighted by atomic mass is 14.3. The summed E-state index contributed by atoms with van der Waals surface area (Å²) in [7, 11) is 0. The van der Waals surface area contributed by atoms with Crippen molar-refractivity contribution in [2.45, 2.75) is 19.3 Å². The summed E-state index contributed by atoms with van der Waals surface area (Å²) in [5.74, 6) is 0. The lowest BCUT2D eigenvalue weighted by Crippen LogP contribution is -2.06. The van der Waals surface area contributed by atoms with Crippen LogP contribution in [0.1, 0.15) is 33.4 Å². The number of hydrogen-bond acceptors (Lipinski definition) is 0. The molecule has 0 nitrogen and oxygen atoms in total. The molecule has 4 rings (SSSR count). The predicted octanol–water partition coefficient (Wildman–Crippen LogP) is 3.09. The fourth-order valence-electron chi connectivity index (χ4n) is 2.79. The van der Waals surface area contributed by atoms with Gasteiger partial charge in [0.15, 0.2) is 0 Å². The highest BCUT2D eigenvalue weighted by Gasteiger charge is 2.26. The minimum Gasteiger partial charge on any atom is -0.0620 e. The van der Waals surface area contributed by atoms with Crippen LogP contribution < -0.4 is 0 Å². The molecule has 2 aliphatic carbocycles. The number of rotatable bonds is 0. The Morgan fingerprint density at radius 3 is 1.80 bits per heavy atom. The van der Waals surface area contributed by atoms with Crippen LogP contribution >= 0.6 is 0 Å². The quantitative estimate of drug-likeness (QED) is 0.401. The van der Waals surface area contributed by atoms with Crippen molar-refractivity contribution in [2.24, 2.45) is 0 Å². The zero-order valence-electron chi connectivity index (χ0n) is 8.59. The van der Waals surface area contributed by atoms with Gasteiger partial charge in [0.2, 0.25) is 0 Å². The molecule has 2 aromatic rings. The van der Waals surface area contributed by atoms with Gasteiger partial charge in [-0.15, -0.1) is 0 Å².